The van der Waals surface area contributed by atoms with Crippen molar-refractivity contribution >= 4 is 5.78 Å². The van der Waals surface area contributed by atoms with Crippen molar-refractivity contribution in [1.29, 1.82) is 0 Å². The SMILES string of the molecule is Cc1ccc2c(c1)C(=O)C(CO)C2(C)C. The van der Waals surface area contributed by atoms with Crippen molar-refractivity contribution in [3.8, 4) is 0 Å². The van der Waals surface area contributed by atoms with Crippen molar-refractivity contribution in [3.63, 3.8) is 0 Å². The Hall–Kier alpha value is -1.15. The van der Waals surface area contributed by atoms with E-state index in [1.807, 2.05) is 39.0 Å². The van der Waals surface area contributed by atoms with Crippen LogP contribution >= 0.6 is 0 Å². The molecular weight excluding hydrogens is 188 g/mol. The van der Waals surface area contributed by atoms with Gasteiger partial charge in [-0.3, -0.25) is 4.79 Å². The van der Waals surface area contributed by atoms with Gasteiger partial charge < -0.3 is 5.11 Å². The average Bonchev–Trinajstić information content (AvgIpc) is 2.34. The second kappa shape index (κ2) is 3.17. The lowest BCUT2D eigenvalue weighted by atomic mass is 9.79. The van der Waals surface area contributed by atoms with Crippen LogP contribution < -0.4 is 0 Å². The standard InChI is InChI=1S/C13H16O2/c1-8-4-5-10-9(6-8)12(15)11(7-14)13(10,2)3/h4-6,11,14H,7H2,1-3H3. The third-order valence-corrected chi connectivity index (χ3v) is 3.50. The number of hydrogen-bond acceptors (Lipinski definition) is 2. The topological polar surface area (TPSA) is 37.3 Å². The van der Waals surface area contributed by atoms with Crippen molar-refractivity contribution < 1.29 is 9.90 Å². The van der Waals surface area contributed by atoms with Gasteiger partial charge in [0.25, 0.3) is 0 Å². The predicted octanol–water partition coefficient (Wildman–Crippen LogP) is 2.08. The van der Waals surface area contributed by atoms with E-state index in [2.05, 4.69) is 0 Å². The molecule has 0 saturated carbocycles. The lowest BCUT2D eigenvalue weighted by Crippen LogP contribution is -2.29. The van der Waals surface area contributed by atoms with Gasteiger partial charge in [0.15, 0.2) is 5.78 Å². The maximum Gasteiger partial charge on any atom is 0.169 e. The molecular formula is C13H16O2. The number of benzene rings is 1. The van der Waals surface area contributed by atoms with Gasteiger partial charge in [0, 0.05) is 11.0 Å². The van der Waals surface area contributed by atoms with Crippen LogP contribution in [0.2, 0.25) is 0 Å². The molecule has 0 amide bonds. The van der Waals surface area contributed by atoms with Crippen molar-refractivity contribution in [3.05, 3.63) is 34.9 Å². The van der Waals surface area contributed by atoms with Crippen molar-refractivity contribution in [1.82, 2.24) is 0 Å². The number of fused-ring (bicyclic) bond motifs is 1. The normalized spacial score (nSPS) is 22.9. The minimum atomic E-state index is -0.283. The number of carbonyl (C=O) groups excluding carboxylic acids is 1. The number of aryl methyl sites for hydroxylation is 1. The fourth-order valence-electron chi connectivity index (χ4n) is 2.44. The van der Waals surface area contributed by atoms with Gasteiger partial charge in [-0.15, -0.1) is 0 Å². The van der Waals surface area contributed by atoms with Crippen LogP contribution in [0.3, 0.4) is 0 Å². The first-order valence-corrected chi connectivity index (χ1v) is 5.24. The maximum absolute atomic E-state index is 12.0. The number of rotatable bonds is 1. The van der Waals surface area contributed by atoms with Crippen LogP contribution in [0.15, 0.2) is 18.2 Å². The Kier molecular flexibility index (Phi) is 2.19. The van der Waals surface area contributed by atoms with Crippen LogP contribution in [0.4, 0.5) is 0 Å². The summed E-state index contributed by atoms with van der Waals surface area (Å²) in [5, 5.41) is 9.29. The Morgan fingerprint density at radius 3 is 2.67 bits per heavy atom. The molecule has 0 fully saturated rings. The number of hydrogen-bond donors (Lipinski definition) is 1. The monoisotopic (exact) mass is 204 g/mol. The molecule has 0 aromatic heterocycles. The largest absolute Gasteiger partial charge is 0.396 e. The first kappa shape index (κ1) is 10.4. The molecule has 80 valence electrons. The molecule has 15 heavy (non-hydrogen) atoms. The van der Waals surface area contributed by atoms with Crippen LogP contribution in [0, 0.1) is 12.8 Å². The van der Waals surface area contributed by atoms with Crippen LogP contribution in [0.1, 0.15) is 35.3 Å². The lowest BCUT2D eigenvalue weighted by molar-refractivity contribution is 0.0815. The van der Waals surface area contributed by atoms with E-state index in [1.165, 1.54) is 0 Å². The zero-order valence-corrected chi connectivity index (χ0v) is 9.37. The predicted molar refractivity (Wildman–Crippen MR) is 59.1 cm³/mol. The molecule has 1 N–H and O–H groups in total. The van der Waals surface area contributed by atoms with E-state index < -0.39 is 0 Å². The summed E-state index contributed by atoms with van der Waals surface area (Å²) in [4.78, 5) is 12.0. The Morgan fingerprint density at radius 1 is 1.40 bits per heavy atom. The van der Waals surface area contributed by atoms with Crippen LogP contribution in [-0.2, 0) is 5.41 Å². The molecule has 2 rings (SSSR count). The molecule has 0 spiro atoms. The number of Topliss-reactive ketones (excluding diaryl/α,β-unsaturated/α-hetero) is 1. The second-order valence-corrected chi connectivity index (χ2v) is 4.87. The van der Waals surface area contributed by atoms with Gasteiger partial charge >= 0.3 is 0 Å². The molecule has 1 aromatic carbocycles. The molecule has 0 bridgehead atoms. The fraction of sp³-hybridized carbons (Fsp3) is 0.462. The molecule has 1 aliphatic rings. The highest BCUT2D eigenvalue weighted by atomic mass is 16.3. The van der Waals surface area contributed by atoms with Gasteiger partial charge in [-0.2, -0.15) is 0 Å². The Labute approximate surface area is 89.9 Å². The molecule has 1 aliphatic carbocycles. The van der Waals surface area contributed by atoms with Gasteiger partial charge in [-0.05, 0) is 18.6 Å². The molecule has 0 saturated heterocycles. The first-order valence-electron chi connectivity index (χ1n) is 5.24. The van der Waals surface area contributed by atoms with Gasteiger partial charge in [-0.1, -0.05) is 31.5 Å². The highest BCUT2D eigenvalue weighted by molar-refractivity contribution is 6.04. The van der Waals surface area contributed by atoms with E-state index in [-0.39, 0.29) is 23.7 Å². The number of carbonyl (C=O) groups is 1. The third-order valence-electron chi connectivity index (χ3n) is 3.50. The van der Waals surface area contributed by atoms with E-state index in [0.717, 1.165) is 16.7 Å². The summed E-state index contributed by atoms with van der Waals surface area (Å²) in [6.07, 6.45) is 0. The Bertz CT molecular complexity index is 419. The van der Waals surface area contributed by atoms with Crippen LogP contribution in [0.25, 0.3) is 0 Å². The molecule has 2 nitrogen and oxygen atoms in total. The maximum atomic E-state index is 12.0. The quantitative estimate of drug-likeness (QED) is 0.760. The van der Waals surface area contributed by atoms with Crippen LogP contribution in [-0.4, -0.2) is 17.5 Å². The van der Waals surface area contributed by atoms with Crippen molar-refractivity contribution in [2.24, 2.45) is 5.92 Å². The smallest absolute Gasteiger partial charge is 0.169 e. The number of aliphatic hydroxyl groups is 1. The highest BCUT2D eigenvalue weighted by Gasteiger charge is 2.44. The van der Waals surface area contributed by atoms with Crippen LogP contribution in [0.5, 0.6) is 0 Å². The van der Waals surface area contributed by atoms with Gasteiger partial charge in [-0.25, -0.2) is 0 Å². The average molecular weight is 204 g/mol. The number of ketones is 1. The minimum Gasteiger partial charge on any atom is -0.396 e. The summed E-state index contributed by atoms with van der Waals surface area (Å²) in [6, 6.07) is 5.96. The molecule has 1 aromatic rings. The first-order chi connectivity index (χ1) is 6.98. The van der Waals surface area contributed by atoms with E-state index in [1.54, 1.807) is 0 Å². The zero-order chi connectivity index (χ0) is 11.2. The molecule has 2 heteroatoms. The lowest BCUT2D eigenvalue weighted by Gasteiger charge is -2.25. The minimum absolute atomic E-state index is 0.0699. The summed E-state index contributed by atoms with van der Waals surface area (Å²) < 4.78 is 0. The zero-order valence-electron chi connectivity index (χ0n) is 9.37. The molecule has 0 aliphatic heterocycles. The summed E-state index contributed by atoms with van der Waals surface area (Å²) >= 11 is 0. The molecule has 1 unspecified atom stereocenters. The van der Waals surface area contributed by atoms with E-state index in [4.69, 9.17) is 0 Å². The van der Waals surface area contributed by atoms with Crippen molar-refractivity contribution in [2.75, 3.05) is 6.61 Å². The van der Waals surface area contributed by atoms with E-state index in [0.29, 0.717) is 0 Å². The summed E-state index contributed by atoms with van der Waals surface area (Å²) in [6.45, 7) is 5.95. The summed E-state index contributed by atoms with van der Waals surface area (Å²) in [5.74, 6) is -0.199. The van der Waals surface area contributed by atoms with Gasteiger partial charge in [0.2, 0.25) is 0 Å². The summed E-state index contributed by atoms with van der Waals surface area (Å²) in [5.41, 5.74) is 2.71. The third kappa shape index (κ3) is 1.32. The molecule has 0 heterocycles. The summed E-state index contributed by atoms with van der Waals surface area (Å²) in [7, 11) is 0. The Balaban J connectivity index is 2.62. The van der Waals surface area contributed by atoms with E-state index in [9.17, 15) is 9.90 Å². The van der Waals surface area contributed by atoms with E-state index >= 15 is 0 Å². The fourth-order valence-corrected chi connectivity index (χ4v) is 2.44. The second-order valence-electron chi connectivity index (χ2n) is 4.87. The molecule has 1 atom stereocenters. The highest BCUT2D eigenvalue weighted by Crippen LogP contribution is 2.42. The number of aliphatic hydroxyl groups excluding tert-OH is 1. The van der Waals surface area contributed by atoms with Crippen molar-refractivity contribution in [2.45, 2.75) is 26.2 Å². The van der Waals surface area contributed by atoms with Gasteiger partial charge in [0.1, 0.15) is 0 Å². The van der Waals surface area contributed by atoms with Gasteiger partial charge in [0.05, 0.1) is 12.5 Å². The molecule has 0 radical (unpaired) electrons. The Morgan fingerprint density at radius 2 is 2.07 bits per heavy atom.